The van der Waals surface area contributed by atoms with Gasteiger partial charge in [0.2, 0.25) is 0 Å². The summed E-state index contributed by atoms with van der Waals surface area (Å²) in [5, 5.41) is 10.9. The Hall–Kier alpha value is -1.61. The molecule has 1 N–H and O–H groups in total. The molecule has 1 fully saturated rings. The molecule has 0 radical (unpaired) electrons. The van der Waals surface area contributed by atoms with E-state index >= 15 is 0 Å². The summed E-state index contributed by atoms with van der Waals surface area (Å²) in [6.07, 6.45) is 6.99. The predicted octanol–water partition coefficient (Wildman–Crippen LogP) is 3.64. The van der Waals surface area contributed by atoms with E-state index in [9.17, 15) is 5.11 Å². The van der Waals surface area contributed by atoms with E-state index in [1.807, 2.05) is 12.5 Å². The highest BCUT2D eigenvalue weighted by molar-refractivity contribution is 5.69. The number of hydrogen-bond donors (Lipinski definition) is 1. The first-order chi connectivity index (χ1) is 10.1. The number of hydrogen-bond acceptors (Lipinski definition) is 2. The zero-order valence-corrected chi connectivity index (χ0v) is 12.7. The lowest BCUT2D eigenvalue weighted by Crippen LogP contribution is -2.43. The van der Waals surface area contributed by atoms with Crippen molar-refractivity contribution in [1.29, 1.82) is 0 Å². The third-order valence-electron chi connectivity index (χ3n) is 5.49. The number of nitrogens with zero attached hydrogens (tertiary/aromatic N) is 2. The molecule has 1 aromatic carbocycles. The van der Waals surface area contributed by atoms with Crippen LogP contribution in [0.3, 0.4) is 0 Å². The quantitative estimate of drug-likeness (QED) is 0.867. The van der Waals surface area contributed by atoms with Gasteiger partial charge in [-0.25, -0.2) is 4.98 Å². The van der Waals surface area contributed by atoms with Crippen molar-refractivity contribution in [2.45, 2.75) is 45.3 Å². The zero-order valence-electron chi connectivity index (χ0n) is 12.7. The fourth-order valence-corrected chi connectivity index (χ4v) is 4.32. The van der Waals surface area contributed by atoms with Crippen molar-refractivity contribution in [3.8, 4) is 11.3 Å². The Kier molecular flexibility index (Phi) is 2.77. The van der Waals surface area contributed by atoms with E-state index in [1.54, 1.807) is 0 Å². The van der Waals surface area contributed by atoms with Crippen LogP contribution in [0.4, 0.5) is 0 Å². The summed E-state index contributed by atoms with van der Waals surface area (Å²) >= 11 is 0. The Labute approximate surface area is 125 Å². The molecule has 3 atom stereocenters. The van der Waals surface area contributed by atoms with Gasteiger partial charge < -0.3 is 9.67 Å². The topological polar surface area (TPSA) is 38.0 Å². The first-order valence-electron chi connectivity index (χ1n) is 7.89. The van der Waals surface area contributed by atoms with Crippen molar-refractivity contribution >= 4 is 0 Å². The largest absolute Gasteiger partial charge is 0.392 e. The maximum atomic E-state index is 10.9. The number of aliphatic hydroxyl groups is 1. The van der Waals surface area contributed by atoms with Crippen molar-refractivity contribution in [2.75, 3.05) is 0 Å². The van der Waals surface area contributed by atoms with Gasteiger partial charge in [-0.05, 0) is 23.8 Å². The van der Waals surface area contributed by atoms with Gasteiger partial charge in [-0.1, -0.05) is 44.5 Å². The van der Waals surface area contributed by atoms with Gasteiger partial charge in [0.05, 0.1) is 30.4 Å². The van der Waals surface area contributed by atoms with E-state index < -0.39 is 0 Å². The number of rotatable bonds is 1. The molecule has 3 heteroatoms. The van der Waals surface area contributed by atoms with Crippen LogP contribution in [0.5, 0.6) is 0 Å². The number of fused-ring (bicyclic) bond motifs is 3. The molecule has 2 aromatic rings. The Morgan fingerprint density at radius 1 is 1.29 bits per heavy atom. The van der Waals surface area contributed by atoms with Crippen LogP contribution >= 0.6 is 0 Å². The van der Waals surface area contributed by atoms with Crippen LogP contribution in [-0.4, -0.2) is 20.8 Å². The number of aromatic nitrogens is 2. The predicted molar refractivity (Wildman–Crippen MR) is 82.9 cm³/mol. The Balaban J connectivity index is 1.82. The molecule has 1 aromatic heterocycles. The third kappa shape index (κ3) is 1.80. The Bertz CT molecular complexity index is 673. The highest BCUT2D eigenvalue weighted by Gasteiger charge is 2.45. The molecular weight excluding hydrogens is 260 g/mol. The van der Waals surface area contributed by atoms with E-state index in [0.29, 0.717) is 0 Å². The lowest BCUT2D eigenvalue weighted by molar-refractivity contribution is -0.0443. The lowest BCUT2D eigenvalue weighted by Gasteiger charge is -2.43. The molecule has 21 heavy (non-hydrogen) atoms. The molecule has 1 aliphatic heterocycles. The highest BCUT2D eigenvalue weighted by Crippen LogP contribution is 2.50. The molecule has 1 saturated carbocycles. The van der Waals surface area contributed by atoms with E-state index in [0.717, 1.165) is 12.8 Å². The minimum atomic E-state index is -0.266. The highest BCUT2D eigenvalue weighted by atomic mass is 16.3. The molecular formula is C18H22N2O. The summed E-state index contributed by atoms with van der Waals surface area (Å²) in [4.78, 5) is 4.33. The summed E-state index contributed by atoms with van der Waals surface area (Å²) < 4.78 is 2.26. The van der Waals surface area contributed by atoms with Crippen LogP contribution < -0.4 is 0 Å². The average molecular weight is 282 g/mol. The van der Waals surface area contributed by atoms with Gasteiger partial charge >= 0.3 is 0 Å². The molecule has 0 spiro atoms. The fraction of sp³-hybridized carbons (Fsp3) is 0.500. The van der Waals surface area contributed by atoms with E-state index in [-0.39, 0.29) is 23.5 Å². The molecule has 1 aliphatic carbocycles. The van der Waals surface area contributed by atoms with Gasteiger partial charge in [-0.2, -0.15) is 0 Å². The van der Waals surface area contributed by atoms with Crippen molar-refractivity contribution in [3.63, 3.8) is 0 Å². The molecule has 110 valence electrons. The maximum absolute atomic E-state index is 10.9. The van der Waals surface area contributed by atoms with Crippen LogP contribution in [0.25, 0.3) is 11.3 Å². The molecule has 4 rings (SSSR count). The third-order valence-corrected chi connectivity index (χ3v) is 5.49. The molecule has 3 nitrogen and oxygen atoms in total. The van der Waals surface area contributed by atoms with Crippen LogP contribution in [0, 0.1) is 11.3 Å². The summed E-state index contributed by atoms with van der Waals surface area (Å²) in [6, 6.07) is 8.80. The van der Waals surface area contributed by atoms with E-state index in [1.165, 1.54) is 23.2 Å². The minimum Gasteiger partial charge on any atom is -0.392 e. The zero-order chi connectivity index (χ0) is 14.6. The van der Waals surface area contributed by atoms with Crippen LogP contribution in [-0.2, 0) is 0 Å². The van der Waals surface area contributed by atoms with Crippen molar-refractivity contribution in [2.24, 2.45) is 11.3 Å². The lowest BCUT2D eigenvalue weighted by atomic mass is 9.66. The van der Waals surface area contributed by atoms with Gasteiger partial charge in [-0.3, -0.25) is 0 Å². The monoisotopic (exact) mass is 282 g/mol. The molecule has 0 amide bonds. The van der Waals surface area contributed by atoms with Gasteiger partial charge in [0, 0.05) is 11.5 Å². The smallest absolute Gasteiger partial charge is 0.0956 e. The Morgan fingerprint density at radius 3 is 2.95 bits per heavy atom. The van der Waals surface area contributed by atoms with Crippen LogP contribution in [0.15, 0.2) is 36.8 Å². The van der Waals surface area contributed by atoms with E-state index in [2.05, 4.69) is 47.7 Å². The minimum absolute atomic E-state index is 0.00119. The second-order valence-electron chi connectivity index (χ2n) is 7.21. The first kappa shape index (κ1) is 13.1. The molecule has 0 saturated heterocycles. The number of benzene rings is 1. The van der Waals surface area contributed by atoms with Gasteiger partial charge in [-0.15, -0.1) is 0 Å². The van der Waals surface area contributed by atoms with Gasteiger partial charge in [0.1, 0.15) is 0 Å². The molecule has 2 aliphatic rings. The normalized spacial score (nSPS) is 30.0. The molecule has 2 heterocycles. The SMILES string of the molecule is CC1(C)CCC[C@@H](C2c3ccccc3-c3cncn32)[C@H]1O. The average Bonchev–Trinajstić information content (AvgIpc) is 3.03. The second kappa shape index (κ2) is 4.44. The van der Waals surface area contributed by atoms with E-state index in [4.69, 9.17) is 0 Å². The molecule has 1 unspecified atom stereocenters. The van der Waals surface area contributed by atoms with Crippen LogP contribution in [0.1, 0.15) is 44.7 Å². The first-order valence-corrected chi connectivity index (χ1v) is 7.89. The summed E-state index contributed by atoms with van der Waals surface area (Å²) in [6.45, 7) is 4.39. The van der Waals surface area contributed by atoms with Crippen LogP contribution in [0.2, 0.25) is 0 Å². The maximum Gasteiger partial charge on any atom is 0.0956 e. The van der Waals surface area contributed by atoms with Gasteiger partial charge in [0.15, 0.2) is 0 Å². The fourth-order valence-electron chi connectivity index (χ4n) is 4.32. The standard InChI is InChI=1S/C18H22N2O/c1-18(2)9-5-8-14(17(18)21)16-13-7-4-3-6-12(13)15-10-19-11-20(15)16/h3-4,6-7,10-11,14,16-17,21H,5,8-9H2,1-2H3/t14-,16?,17+/m0/s1. The van der Waals surface area contributed by atoms with Gasteiger partial charge in [0.25, 0.3) is 0 Å². The van der Waals surface area contributed by atoms with Crippen molar-refractivity contribution < 1.29 is 5.11 Å². The summed E-state index contributed by atoms with van der Waals surface area (Å²) in [5.74, 6) is 0.269. The summed E-state index contributed by atoms with van der Waals surface area (Å²) in [5.41, 5.74) is 3.81. The number of imidazole rings is 1. The summed E-state index contributed by atoms with van der Waals surface area (Å²) in [7, 11) is 0. The van der Waals surface area contributed by atoms with Crippen molar-refractivity contribution in [3.05, 3.63) is 42.4 Å². The molecule has 0 bridgehead atoms. The van der Waals surface area contributed by atoms with Crippen molar-refractivity contribution in [1.82, 2.24) is 9.55 Å². The number of aliphatic hydroxyl groups excluding tert-OH is 1. The Morgan fingerprint density at radius 2 is 2.10 bits per heavy atom. The second-order valence-corrected chi connectivity index (χ2v) is 7.21.